The third-order valence-corrected chi connectivity index (χ3v) is 8.12. The van der Waals surface area contributed by atoms with Crippen molar-refractivity contribution in [2.75, 3.05) is 28.6 Å². The van der Waals surface area contributed by atoms with Gasteiger partial charge in [-0.1, -0.05) is 30.3 Å². The molecule has 0 unspecified atom stereocenters. The predicted octanol–water partition coefficient (Wildman–Crippen LogP) is 4.64. The molecule has 4 rings (SSSR count). The largest absolute Gasteiger partial charge is 0.497 e. The minimum Gasteiger partial charge on any atom is -0.497 e. The van der Waals surface area contributed by atoms with Gasteiger partial charge in [0.05, 0.1) is 23.4 Å². The molecule has 44 heavy (non-hydrogen) atoms. The van der Waals surface area contributed by atoms with Gasteiger partial charge in [-0.25, -0.2) is 13.8 Å². The second-order valence-corrected chi connectivity index (χ2v) is 11.4. The van der Waals surface area contributed by atoms with Crippen molar-refractivity contribution in [3.63, 3.8) is 0 Å². The summed E-state index contributed by atoms with van der Waals surface area (Å²) in [5.74, 6) is -0.739. The van der Waals surface area contributed by atoms with E-state index in [9.17, 15) is 22.8 Å². The summed E-state index contributed by atoms with van der Waals surface area (Å²) in [6.07, 6.45) is 0. The highest BCUT2D eigenvalue weighted by molar-refractivity contribution is 7.92. The second-order valence-electron chi connectivity index (χ2n) is 9.55. The summed E-state index contributed by atoms with van der Waals surface area (Å²) in [6, 6.07) is 27.6. The van der Waals surface area contributed by atoms with Crippen molar-refractivity contribution < 1.29 is 27.5 Å². The molecule has 3 N–H and O–H groups in total. The Morgan fingerprint density at radius 2 is 1.43 bits per heavy atom. The predicted molar refractivity (Wildman–Crippen MR) is 169 cm³/mol. The molecule has 0 saturated carbocycles. The average Bonchev–Trinajstić information content (AvgIpc) is 3.03. The van der Waals surface area contributed by atoms with Gasteiger partial charge < -0.3 is 15.4 Å². The van der Waals surface area contributed by atoms with Crippen LogP contribution in [0.4, 0.5) is 17.1 Å². The first-order valence-corrected chi connectivity index (χ1v) is 14.9. The van der Waals surface area contributed by atoms with E-state index in [-0.39, 0.29) is 22.4 Å². The van der Waals surface area contributed by atoms with Crippen LogP contribution in [0.1, 0.15) is 29.8 Å². The Morgan fingerprint density at radius 1 is 0.773 bits per heavy atom. The van der Waals surface area contributed by atoms with Gasteiger partial charge in [0.25, 0.3) is 21.8 Å². The lowest BCUT2D eigenvalue weighted by atomic mass is 10.1. The topological polar surface area (TPSA) is 146 Å². The van der Waals surface area contributed by atoms with Gasteiger partial charge in [0.15, 0.2) is 0 Å². The molecule has 3 amide bonds. The standard InChI is InChI=1S/C32H31N5O6S/c1-22(25-10-7-11-27(20-25)34-32(40)24-8-5-4-6-9-24)35-36-31(39)21-37(28-14-16-29(43-3)17-15-28)44(41,42)30-18-12-26(13-19-30)33-23(2)38/h4-20H,21H2,1-3H3,(H,33,38)(H,34,40)(H,36,39)/b35-22-. The number of sulfonamides is 1. The molecule has 226 valence electrons. The molecule has 12 heteroatoms. The number of nitrogens with one attached hydrogen (secondary N) is 3. The van der Waals surface area contributed by atoms with Gasteiger partial charge in [0, 0.05) is 23.9 Å². The highest BCUT2D eigenvalue weighted by Crippen LogP contribution is 2.26. The van der Waals surface area contributed by atoms with E-state index >= 15 is 0 Å². The summed E-state index contributed by atoms with van der Waals surface area (Å²) < 4.78 is 33.5. The summed E-state index contributed by atoms with van der Waals surface area (Å²) >= 11 is 0. The minimum atomic E-state index is -4.21. The van der Waals surface area contributed by atoms with Crippen molar-refractivity contribution in [2.45, 2.75) is 18.7 Å². The zero-order valence-corrected chi connectivity index (χ0v) is 25.1. The molecule has 0 spiro atoms. The number of hydrazone groups is 1. The van der Waals surface area contributed by atoms with Crippen LogP contribution in [0.25, 0.3) is 0 Å². The Balaban J connectivity index is 1.52. The Kier molecular flexibility index (Phi) is 10.1. The van der Waals surface area contributed by atoms with Crippen LogP contribution in [0.5, 0.6) is 5.75 Å². The Hall–Kier alpha value is -5.49. The number of rotatable bonds is 11. The van der Waals surface area contributed by atoms with Gasteiger partial charge in [0.2, 0.25) is 5.91 Å². The minimum absolute atomic E-state index is 0.0794. The third kappa shape index (κ3) is 8.07. The van der Waals surface area contributed by atoms with Crippen molar-refractivity contribution in [3.8, 4) is 5.75 Å². The van der Waals surface area contributed by atoms with Crippen molar-refractivity contribution in [2.24, 2.45) is 5.10 Å². The normalized spacial score (nSPS) is 11.3. The number of methoxy groups -OCH3 is 1. The number of carbonyl (C=O) groups is 3. The lowest BCUT2D eigenvalue weighted by Crippen LogP contribution is -2.39. The van der Waals surface area contributed by atoms with Crippen LogP contribution in [0, 0.1) is 0 Å². The Morgan fingerprint density at radius 3 is 2.07 bits per heavy atom. The zero-order chi connectivity index (χ0) is 31.7. The van der Waals surface area contributed by atoms with Crippen molar-refractivity contribution in [3.05, 3.63) is 114 Å². The maximum absolute atomic E-state index is 13.7. The summed E-state index contributed by atoms with van der Waals surface area (Å²) in [4.78, 5) is 36.9. The summed E-state index contributed by atoms with van der Waals surface area (Å²) in [6.45, 7) is 2.44. The second kappa shape index (κ2) is 14.1. The van der Waals surface area contributed by atoms with E-state index in [2.05, 4.69) is 21.2 Å². The van der Waals surface area contributed by atoms with Gasteiger partial charge >= 0.3 is 0 Å². The van der Waals surface area contributed by atoms with Gasteiger partial charge in [-0.05, 0) is 85.3 Å². The summed E-state index contributed by atoms with van der Waals surface area (Å²) in [5, 5.41) is 9.58. The highest BCUT2D eigenvalue weighted by atomic mass is 32.2. The molecular formula is C32H31N5O6S. The smallest absolute Gasteiger partial charge is 0.264 e. The van der Waals surface area contributed by atoms with Crippen molar-refractivity contribution in [1.82, 2.24) is 5.43 Å². The van der Waals surface area contributed by atoms with Crippen LogP contribution in [0.3, 0.4) is 0 Å². The Labute approximate surface area is 255 Å². The third-order valence-electron chi connectivity index (χ3n) is 6.33. The van der Waals surface area contributed by atoms with Gasteiger partial charge in [0.1, 0.15) is 12.3 Å². The van der Waals surface area contributed by atoms with Gasteiger partial charge in [-0.2, -0.15) is 5.10 Å². The number of benzene rings is 4. The number of hydrogen-bond acceptors (Lipinski definition) is 7. The number of hydrogen-bond donors (Lipinski definition) is 3. The maximum Gasteiger partial charge on any atom is 0.264 e. The van der Waals surface area contributed by atoms with Crippen LogP contribution < -0.4 is 25.1 Å². The molecule has 4 aromatic carbocycles. The van der Waals surface area contributed by atoms with Crippen LogP contribution in [0.2, 0.25) is 0 Å². The first kappa shape index (κ1) is 31.4. The fourth-order valence-corrected chi connectivity index (χ4v) is 5.52. The van der Waals surface area contributed by atoms with Gasteiger partial charge in [-0.15, -0.1) is 0 Å². The van der Waals surface area contributed by atoms with E-state index in [1.807, 2.05) is 6.07 Å². The van der Waals surface area contributed by atoms with E-state index in [0.717, 1.165) is 4.31 Å². The molecule has 0 aliphatic rings. The fraction of sp³-hybridized carbons (Fsp3) is 0.125. The lowest BCUT2D eigenvalue weighted by Gasteiger charge is -2.24. The summed E-state index contributed by atoms with van der Waals surface area (Å²) in [7, 11) is -2.73. The van der Waals surface area contributed by atoms with E-state index in [0.29, 0.717) is 34.0 Å². The molecule has 11 nitrogen and oxygen atoms in total. The molecule has 0 heterocycles. The monoisotopic (exact) mass is 613 g/mol. The number of carbonyl (C=O) groups excluding carboxylic acids is 3. The fourth-order valence-electron chi connectivity index (χ4n) is 4.10. The summed E-state index contributed by atoms with van der Waals surface area (Å²) in [5.41, 5.74) is 5.20. The molecular weight excluding hydrogens is 582 g/mol. The molecule has 0 aliphatic carbocycles. The molecule has 0 saturated heterocycles. The van der Waals surface area contributed by atoms with E-state index in [4.69, 9.17) is 4.74 Å². The van der Waals surface area contributed by atoms with E-state index in [1.54, 1.807) is 67.6 Å². The maximum atomic E-state index is 13.7. The molecule has 0 radical (unpaired) electrons. The first-order chi connectivity index (χ1) is 21.1. The van der Waals surface area contributed by atoms with Crippen molar-refractivity contribution >= 4 is 50.5 Å². The number of nitrogens with zero attached hydrogens (tertiary/aromatic N) is 2. The van der Waals surface area contributed by atoms with E-state index < -0.39 is 22.5 Å². The zero-order valence-electron chi connectivity index (χ0n) is 24.3. The van der Waals surface area contributed by atoms with E-state index in [1.165, 1.54) is 50.4 Å². The quantitative estimate of drug-likeness (QED) is 0.166. The van der Waals surface area contributed by atoms with Crippen LogP contribution in [0.15, 0.2) is 113 Å². The molecule has 0 aliphatic heterocycles. The first-order valence-electron chi connectivity index (χ1n) is 13.4. The SMILES string of the molecule is COc1ccc(N(CC(=O)N/N=C(/C)c2cccc(NC(=O)c3ccccc3)c2)S(=O)(=O)c2ccc(NC(C)=O)cc2)cc1. The number of ether oxygens (including phenoxy) is 1. The average molecular weight is 614 g/mol. The highest BCUT2D eigenvalue weighted by Gasteiger charge is 2.27. The number of anilines is 3. The lowest BCUT2D eigenvalue weighted by molar-refractivity contribution is -0.119. The van der Waals surface area contributed by atoms with Gasteiger partial charge in [-0.3, -0.25) is 18.7 Å². The molecule has 4 aromatic rings. The van der Waals surface area contributed by atoms with Crippen LogP contribution in [-0.2, 0) is 19.6 Å². The molecule has 0 bridgehead atoms. The van der Waals surface area contributed by atoms with Crippen molar-refractivity contribution in [1.29, 1.82) is 0 Å². The molecule has 0 aromatic heterocycles. The number of amides is 3. The molecule has 0 atom stereocenters. The Bertz CT molecular complexity index is 1770. The van der Waals surface area contributed by atoms with Crippen LogP contribution >= 0.6 is 0 Å². The van der Waals surface area contributed by atoms with Crippen LogP contribution in [-0.4, -0.2) is 45.5 Å². The molecule has 0 fully saturated rings.